The van der Waals surface area contributed by atoms with Crippen molar-refractivity contribution >= 4 is 28.3 Å². The number of aromatic nitrogens is 1. The lowest BCUT2D eigenvalue weighted by molar-refractivity contribution is -0.123. The topological polar surface area (TPSA) is 92.1 Å². The van der Waals surface area contributed by atoms with Gasteiger partial charge in [-0.15, -0.1) is 11.3 Å². The van der Waals surface area contributed by atoms with Gasteiger partial charge in [-0.05, 0) is 49.4 Å². The predicted molar refractivity (Wildman–Crippen MR) is 102 cm³/mol. The predicted octanol–water partition coefficient (Wildman–Crippen LogP) is 4.14. The molecule has 0 saturated heterocycles. The average Bonchev–Trinajstić information content (AvgIpc) is 3.18. The minimum atomic E-state index is -1.10. The third-order valence-corrected chi connectivity index (χ3v) is 4.61. The molecule has 3 aromatic rings. The van der Waals surface area contributed by atoms with E-state index in [1.54, 1.807) is 5.38 Å². The lowest BCUT2D eigenvalue weighted by Gasteiger charge is -2.12. The van der Waals surface area contributed by atoms with E-state index in [2.05, 4.69) is 10.3 Å². The summed E-state index contributed by atoms with van der Waals surface area (Å²) in [7, 11) is 0. The fourth-order valence-electron chi connectivity index (χ4n) is 2.29. The van der Waals surface area contributed by atoms with Gasteiger partial charge in [0.05, 0.1) is 22.9 Å². The second kappa shape index (κ2) is 8.58. The minimum absolute atomic E-state index is 0.207. The number of nitriles is 1. The maximum atomic E-state index is 13.4. The van der Waals surface area contributed by atoms with Gasteiger partial charge in [0, 0.05) is 10.9 Å². The maximum Gasteiger partial charge on any atom is 0.338 e. The molecule has 2 aromatic carbocycles. The normalized spacial score (nSPS) is 11.4. The van der Waals surface area contributed by atoms with Crippen molar-refractivity contribution in [3.05, 3.63) is 70.6 Å². The van der Waals surface area contributed by atoms with Crippen LogP contribution in [0.1, 0.15) is 22.8 Å². The van der Waals surface area contributed by atoms with Crippen LogP contribution in [0, 0.1) is 23.0 Å². The Morgan fingerprint density at radius 2 is 1.90 bits per heavy atom. The molecule has 0 radical (unpaired) electrons. The van der Waals surface area contributed by atoms with Gasteiger partial charge in [-0.3, -0.25) is 10.1 Å². The third-order valence-electron chi connectivity index (χ3n) is 3.85. The third kappa shape index (κ3) is 4.80. The van der Waals surface area contributed by atoms with Crippen molar-refractivity contribution in [1.29, 1.82) is 5.26 Å². The number of amides is 1. The molecule has 0 aliphatic carbocycles. The van der Waals surface area contributed by atoms with Gasteiger partial charge in [0.1, 0.15) is 0 Å². The molecule has 0 saturated carbocycles. The van der Waals surface area contributed by atoms with Crippen LogP contribution >= 0.6 is 11.3 Å². The van der Waals surface area contributed by atoms with Crippen LogP contribution in [0.15, 0.2) is 47.8 Å². The van der Waals surface area contributed by atoms with Crippen LogP contribution in [0.25, 0.3) is 11.3 Å². The molecule has 0 aliphatic heterocycles. The molecule has 29 heavy (non-hydrogen) atoms. The Labute approximate surface area is 168 Å². The summed E-state index contributed by atoms with van der Waals surface area (Å²) >= 11 is 1.09. The zero-order valence-electron chi connectivity index (χ0n) is 15.0. The van der Waals surface area contributed by atoms with E-state index in [4.69, 9.17) is 10.00 Å². The molecular formula is C20H13F2N3O3S. The van der Waals surface area contributed by atoms with E-state index in [1.807, 2.05) is 6.07 Å². The molecule has 3 rings (SSSR count). The number of halogens is 2. The first kappa shape index (κ1) is 20.1. The first-order valence-corrected chi connectivity index (χ1v) is 9.18. The maximum absolute atomic E-state index is 13.4. The van der Waals surface area contributed by atoms with Crippen molar-refractivity contribution in [2.24, 2.45) is 0 Å². The smallest absolute Gasteiger partial charge is 0.338 e. The van der Waals surface area contributed by atoms with Crippen LogP contribution in [0.2, 0.25) is 0 Å². The van der Waals surface area contributed by atoms with Crippen LogP contribution in [0.4, 0.5) is 13.9 Å². The summed E-state index contributed by atoms with van der Waals surface area (Å²) in [6, 6.07) is 11.1. The summed E-state index contributed by atoms with van der Waals surface area (Å²) in [5, 5.41) is 13.1. The second-order valence-electron chi connectivity index (χ2n) is 5.89. The first-order valence-electron chi connectivity index (χ1n) is 8.30. The molecule has 0 unspecified atom stereocenters. The highest BCUT2D eigenvalue weighted by Crippen LogP contribution is 2.26. The van der Waals surface area contributed by atoms with Crippen LogP contribution in [-0.2, 0) is 9.53 Å². The number of thiazole rings is 1. The molecule has 146 valence electrons. The Kier molecular flexibility index (Phi) is 5.95. The van der Waals surface area contributed by atoms with Gasteiger partial charge in [0.15, 0.2) is 22.9 Å². The number of carbonyl (C=O) groups is 2. The van der Waals surface area contributed by atoms with Gasteiger partial charge in [0.2, 0.25) is 0 Å². The number of rotatable bonds is 5. The van der Waals surface area contributed by atoms with E-state index in [0.717, 1.165) is 23.5 Å². The Morgan fingerprint density at radius 3 is 2.55 bits per heavy atom. The van der Waals surface area contributed by atoms with E-state index < -0.39 is 29.6 Å². The Hall–Kier alpha value is -3.64. The number of nitrogens with one attached hydrogen (secondary N) is 1. The molecule has 1 N–H and O–H groups in total. The highest BCUT2D eigenvalue weighted by molar-refractivity contribution is 7.14. The van der Waals surface area contributed by atoms with E-state index in [-0.39, 0.29) is 10.7 Å². The van der Waals surface area contributed by atoms with Gasteiger partial charge < -0.3 is 4.74 Å². The highest BCUT2D eigenvalue weighted by atomic mass is 32.1. The molecule has 9 heteroatoms. The monoisotopic (exact) mass is 413 g/mol. The molecule has 0 spiro atoms. The lowest BCUT2D eigenvalue weighted by atomic mass is 10.1. The van der Waals surface area contributed by atoms with Crippen LogP contribution in [0.3, 0.4) is 0 Å². The zero-order chi connectivity index (χ0) is 21.0. The van der Waals surface area contributed by atoms with E-state index >= 15 is 0 Å². The zero-order valence-corrected chi connectivity index (χ0v) is 15.8. The second-order valence-corrected chi connectivity index (χ2v) is 6.75. The number of esters is 1. The number of anilines is 1. The molecule has 0 fully saturated rings. The van der Waals surface area contributed by atoms with Gasteiger partial charge in [-0.25, -0.2) is 18.6 Å². The number of benzene rings is 2. The van der Waals surface area contributed by atoms with E-state index in [0.29, 0.717) is 16.8 Å². The SMILES string of the molecule is C[C@@H](OC(=O)c1ccc(C#N)cc1)C(=O)Nc1nc(-c2ccc(F)c(F)c2)cs1. The Bertz CT molecular complexity index is 1110. The number of ether oxygens (including phenoxy) is 1. The molecule has 1 atom stereocenters. The Balaban J connectivity index is 1.62. The molecule has 0 aliphatic rings. The number of hydrogen-bond donors (Lipinski definition) is 1. The molecule has 6 nitrogen and oxygen atoms in total. The van der Waals surface area contributed by atoms with E-state index in [1.165, 1.54) is 37.3 Å². The van der Waals surface area contributed by atoms with Crippen LogP contribution in [-0.4, -0.2) is 23.0 Å². The van der Waals surface area contributed by atoms with Crippen molar-refractivity contribution < 1.29 is 23.1 Å². The van der Waals surface area contributed by atoms with E-state index in [9.17, 15) is 18.4 Å². The fraction of sp³-hybridized carbons (Fsp3) is 0.100. The van der Waals surface area contributed by atoms with Gasteiger partial charge in [-0.2, -0.15) is 5.26 Å². The largest absolute Gasteiger partial charge is 0.449 e. The first-order chi connectivity index (χ1) is 13.9. The lowest BCUT2D eigenvalue weighted by Crippen LogP contribution is -2.29. The van der Waals surface area contributed by atoms with Crippen molar-refractivity contribution in [2.75, 3.05) is 5.32 Å². The molecule has 1 aromatic heterocycles. The summed E-state index contributed by atoms with van der Waals surface area (Å²) in [5.41, 5.74) is 1.33. The van der Waals surface area contributed by atoms with Gasteiger partial charge in [0.25, 0.3) is 5.91 Å². The molecular weight excluding hydrogens is 400 g/mol. The van der Waals surface area contributed by atoms with Crippen LogP contribution < -0.4 is 5.32 Å². The number of nitrogens with zero attached hydrogens (tertiary/aromatic N) is 2. The van der Waals surface area contributed by atoms with Gasteiger partial charge in [-0.1, -0.05) is 0 Å². The van der Waals surface area contributed by atoms with Gasteiger partial charge >= 0.3 is 5.97 Å². The van der Waals surface area contributed by atoms with Crippen molar-refractivity contribution in [3.63, 3.8) is 0 Å². The standard InChI is InChI=1S/C20H13F2N3O3S/c1-11(28-19(27)13-4-2-12(9-23)3-5-13)18(26)25-20-24-17(10-29-20)14-6-7-15(21)16(22)8-14/h2-8,10-11H,1H3,(H,24,25,26)/t11-/m1/s1. The van der Waals surface area contributed by atoms with Crippen LogP contribution in [0.5, 0.6) is 0 Å². The summed E-state index contributed by atoms with van der Waals surface area (Å²) in [5.74, 6) is -3.27. The van der Waals surface area contributed by atoms with Crippen molar-refractivity contribution in [1.82, 2.24) is 4.98 Å². The summed E-state index contributed by atoms with van der Waals surface area (Å²) in [4.78, 5) is 28.5. The number of carbonyl (C=O) groups excluding carboxylic acids is 2. The fourth-order valence-corrected chi connectivity index (χ4v) is 3.01. The molecule has 1 amide bonds. The summed E-state index contributed by atoms with van der Waals surface area (Å²) in [6.07, 6.45) is -1.10. The average molecular weight is 413 g/mol. The molecule has 1 heterocycles. The summed E-state index contributed by atoms with van der Waals surface area (Å²) < 4.78 is 31.5. The Morgan fingerprint density at radius 1 is 1.17 bits per heavy atom. The summed E-state index contributed by atoms with van der Waals surface area (Å²) in [6.45, 7) is 1.40. The quantitative estimate of drug-likeness (QED) is 0.635. The number of hydrogen-bond acceptors (Lipinski definition) is 6. The minimum Gasteiger partial charge on any atom is -0.449 e. The highest BCUT2D eigenvalue weighted by Gasteiger charge is 2.20. The van der Waals surface area contributed by atoms with Crippen molar-refractivity contribution in [3.8, 4) is 17.3 Å². The molecule has 0 bridgehead atoms. The van der Waals surface area contributed by atoms with Crippen molar-refractivity contribution in [2.45, 2.75) is 13.0 Å².